The summed E-state index contributed by atoms with van der Waals surface area (Å²) in [6, 6.07) is 28.7. The normalized spacial score (nSPS) is 10.1. The molecule has 4 aromatic rings. The molecule has 3 aromatic carbocycles. The molecular weight excluding hydrogens is 434 g/mol. The number of nitrogens with zero attached hydrogens (tertiary/aromatic N) is 2. The second kappa shape index (κ2) is 12.0. The van der Waals surface area contributed by atoms with Crippen LogP contribution in [0.2, 0.25) is 0 Å². The van der Waals surface area contributed by atoms with Crippen LogP contribution in [-0.2, 0) is 22.7 Å². The number of carboxylic acids is 2. The largest absolute Gasteiger partial charge is 0.497 e. The molecule has 4 rings (SSSR count). The van der Waals surface area contributed by atoms with E-state index in [0.29, 0.717) is 0 Å². The van der Waals surface area contributed by atoms with Crippen molar-refractivity contribution in [3.05, 3.63) is 102 Å². The highest BCUT2D eigenvalue weighted by molar-refractivity contribution is 6.27. The first kappa shape index (κ1) is 24.2. The summed E-state index contributed by atoms with van der Waals surface area (Å²) < 4.78 is 7.23. The minimum absolute atomic E-state index is 0.739. The molecule has 0 amide bonds. The number of nitrogens with one attached hydrogen (secondary N) is 1. The third-order valence-electron chi connectivity index (χ3n) is 4.84. The highest BCUT2D eigenvalue weighted by Gasteiger charge is 2.12. The Bertz CT molecular complexity index is 1190. The number of carboxylic acid groups (broad SMARTS) is 2. The lowest BCUT2D eigenvalue weighted by atomic mass is 10.1. The second-order valence-electron chi connectivity index (χ2n) is 7.21. The lowest BCUT2D eigenvalue weighted by molar-refractivity contribution is -0.159. The van der Waals surface area contributed by atoms with E-state index in [0.717, 1.165) is 41.3 Å². The van der Waals surface area contributed by atoms with Gasteiger partial charge in [-0.1, -0.05) is 48.5 Å². The molecular formula is C26H25N3O5. The Morgan fingerprint density at radius 1 is 0.853 bits per heavy atom. The van der Waals surface area contributed by atoms with Crippen LogP contribution in [0.1, 0.15) is 11.1 Å². The van der Waals surface area contributed by atoms with Gasteiger partial charge in [-0.3, -0.25) is 0 Å². The van der Waals surface area contributed by atoms with E-state index in [1.807, 2.05) is 41.1 Å². The van der Waals surface area contributed by atoms with Crippen LogP contribution in [0.3, 0.4) is 0 Å². The number of para-hydroxylation sites is 1. The Morgan fingerprint density at radius 2 is 1.44 bits per heavy atom. The van der Waals surface area contributed by atoms with Gasteiger partial charge in [0.1, 0.15) is 5.75 Å². The topological polar surface area (TPSA) is 114 Å². The summed E-state index contributed by atoms with van der Waals surface area (Å²) >= 11 is 0. The van der Waals surface area contributed by atoms with Gasteiger partial charge in [-0.25, -0.2) is 14.3 Å². The Morgan fingerprint density at radius 3 is 2.00 bits per heavy atom. The average Bonchev–Trinajstić information content (AvgIpc) is 3.30. The number of carbonyl (C=O) groups is 2. The van der Waals surface area contributed by atoms with Crippen LogP contribution in [-0.4, -0.2) is 39.0 Å². The third-order valence-corrected chi connectivity index (χ3v) is 4.84. The molecule has 3 N–H and O–H groups in total. The van der Waals surface area contributed by atoms with Crippen molar-refractivity contribution in [2.75, 3.05) is 7.11 Å². The van der Waals surface area contributed by atoms with E-state index in [2.05, 4.69) is 60.0 Å². The summed E-state index contributed by atoms with van der Waals surface area (Å²) in [6.45, 7) is 1.56. The summed E-state index contributed by atoms with van der Waals surface area (Å²) in [5, 5.41) is 23.2. The molecule has 1 heterocycles. The van der Waals surface area contributed by atoms with Crippen molar-refractivity contribution in [2.24, 2.45) is 0 Å². The van der Waals surface area contributed by atoms with Crippen LogP contribution in [0, 0.1) is 0 Å². The fraction of sp³-hybridized carbons (Fsp3) is 0.115. The SMILES string of the molecule is COc1ccc(-c2nn(-c3ccccc3)cc2CNCc2ccccc2)cc1.O=C(O)C(=O)O. The van der Waals surface area contributed by atoms with Gasteiger partial charge in [0, 0.05) is 30.4 Å². The van der Waals surface area contributed by atoms with Gasteiger partial charge in [0.05, 0.1) is 18.5 Å². The minimum atomic E-state index is -1.82. The third kappa shape index (κ3) is 6.78. The van der Waals surface area contributed by atoms with Crippen molar-refractivity contribution in [3.63, 3.8) is 0 Å². The lowest BCUT2D eigenvalue weighted by Crippen LogP contribution is -2.12. The van der Waals surface area contributed by atoms with Crippen LogP contribution in [0.4, 0.5) is 0 Å². The van der Waals surface area contributed by atoms with Gasteiger partial charge in [0.25, 0.3) is 0 Å². The van der Waals surface area contributed by atoms with Crippen molar-refractivity contribution in [2.45, 2.75) is 13.1 Å². The predicted octanol–water partition coefficient (Wildman–Crippen LogP) is 3.99. The average molecular weight is 460 g/mol. The van der Waals surface area contributed by atoms with Gasteiger partial charge < -0.3 is 20.3 Å². The number of benzene rings is 3. The molecule has 0 aliphatic rings. The van der Waals surface area contributed by atoms with E-state index < -0.39 is 11.9 Å². The van der Waals surface area contributed by atoms with E-state index in [4.69, 9.17) is 29.6 Å². The molecule has 174 valence electrons. The van der Waals surface area contributed by atoms with Crippen LogP contribution >= 0.6 is 0 Å². The molecule has 0 bridgehead atoms. The number of hydrogen-bond donors (Lipinski definition) is 3. The van der Waals surface area contributed by atoms with Crippen LogP contribution < -0.4 is 10.1 Å². The zero-order valence-corrected chi connectivity index (χ0v) is 18.6. The van der Waals surface area contributed by atoms with Crippen molar-refractivity contribution in [3.8, 4) is 22.7 Å². The molecule has 0 radical (unpaired) electrons. The maximum absolute atomic E-state index is 9.10. The highest BCUT2D eigenvalue weighted by atomic mass is 16.5. The van der Waals surface area contributed by atoms with Crippen LogP contribution in [0.25, 0.3) is 16.9 Å². The van der Waals surface area contributed by atoms with Gasteiger partial charge >= 0.3 is 11.9 Å². The molecule has 0 saturated carbocycles. The summed E-state index contributed by atoms with van der Waals surface area (Å²) in [7, 11) is 1.68. The highest BCUT2D eigenvalue weighted by Crippen LogP contribution is 2.26. The number of aliphatic carboxylic acids is 2. The Hall–Kier alpha value is -4.43. The Balaban J connectivity index is 0.000000481. The van der Waals surface area contributed by atoms with Gasteiger partial charge in [-0.15, -0.1) is 0 Å². The summed E-state index contributed by atoms with van der Waals surface area (Å²) in [5.74, 6) is -2.81. The van der Waals surface area contributed by atoms with E-state index >= 15 is 0 Å². The molecule has 0 aliphatic heterocycles. The summed E-state index contributed by atoms with van der Waals surface area (Å²) in [4.78, 5) is 18.2. The van der Waals surface area contributed by atoms with Gasteiger partial charge in [-0.05, 0) is 42.0 Å². The fourth-order valence-corrected chi connectivity index (χ4v) is 3.18. The van der Waals surface area contributed by atoms with Gasteiger partial charge in [0.15, 0.2) is 0 Å². The molecule has 34 heavy (non-hydrogen) atoms. The van der Waals surface area contributed by atoms with E-state index in [1.54, 1.807) is 7.11 Å². The molecule has 8 heteroatoms. The number of methoxy groups -OCH3 is 1. The standard InChI is InChI=1S/C24H23N3O.C2H2O4/c1-28-23-14-12-20(13-15-23)24-21(17-25-16-19-8-4-2-5-9-19)18-27(26-24)22-10-6-3-7-11-22;3-1(4)2(5)6/h2-15,18,25H,16-17H2,1H3;(H,3,4)(H,5,6). The maximum Gasteiger partial charge on any atom is 0.414 e. The maximum atomic E-state index is 9.10. The van der Waals surface area contributed by atoms with Crippen molar-refractivity contribution in [1.29, 1.82) is 0 Å². The van der Waals surface area contributed by atoms with E-state index in [1.165, 1.54) is 5.56 Å². The summed E-state index contributed by atoms with van der Waals surface area (Å²) in [6.07, 6.45) is 2.10. The summed E-state index contributed by atoms with van der Waals surface area (Å²) in [5.41, 5.74) is 5.53. The van der Waals surface area contributed by atoms with Crippen molar-refractivity contribution < 1.29 is 24.5 Å². The quantitative estimate of drug-likeness (QED) is 0.358. The lowest BCUT2D eigenvalue weighted by Gasteiger charge is -2.06. The molecule has 1 aromatic heterocycles. The van der Waals surface area contributed by atoms with Crippen LogP contribution in [0.15, 0.2) is 91.1 Å². The van der Waals surface area contributed by atoms with Gasteiger partial charge in [-0.2, -0.15) is 5.10 Å². The van der Waals surface area contributed by atoms with Gasteiger partial charge in [0.2, 0.25) is 0 Å². The first-order valence-electron chi connectivity index (χ1n) is 10.5. The predicted molar refractivity (Wildman–Crippen MR) is 128 cm³/mol. The molecule has 0 saturated heterocycles. The van der Waals surface area contributed by atoms with Crippen LogP contribution in [0.5, 0.6) is 5.75 Å². The van der Waals surface area contributed by atoms with Crippen molar-refractivity contribution in [1.82, 2.24) is 15.1 Å². The van der Waals surface area contributed by atoms with Crippen molar-refractivity contribution >= 4 is 11.9 Å². The minimum Gasteiger partial charge on any atom is -0.497 e. The molecule has 8 nitrogen and oxygen atoms in total. The molecule has 0 fully saturated rings. The molecule has 0 unspecified atom stereocenters. The van der Waals surface area contributed by atoms with E-state index in [-0.39, 0.29) is 0 Å². The number of aromatic nitrogens is 2. The van der Waals surface area contributed by atoms with E-state index in [9.17, 15) is 0 Å². The number of hydrogen-bond acceptors (Lipinski definition) is 5. The first-order chi connectivity index (χ1) is 16.5. The monoisotopic (exact) mass is 459 g/mol. The molecule has 0 aliphatic carbocycles. The number of ether oxygens (including phenoxy) is 1. The second-order valence-corrected chi connectivity index (χ2v) is 7.21. The molecule has 0 spiro atoms. The molecule has 0 atom stereocenters. The zero-order chi connectivity index (χ0) is 24.3. The fourth-order valence-electron chi connectivity index (χ4n) is 3.18. The zero-order valence-electron chi connectivity index (χ0n) is 18.6. The number of rotatable bonds is 7. The first-order valence-corrected chi connectivity index (χ1v) is 10.5. The Labute approximate surface area is 197 Å². The smallest absolute Gasteiger partial charge is 0.414 e. The Kier molecular flexibility index (Phi) is 8.54.